The molecule has 4 aromatic rings. The maximum Gasteiger partial charge on any atom is 0.255 e. The Morgan fingerprint density at radius 1 is 1.12 bits per heavy atom. The number of nitrogens with zero attached hydrogens (tertiary/aromatic N) is 2. The third-order valence-corrected chi connectivity index (χ3v) is 7.11. The van der Waals surface area contributed by atoms with Crippen LogP contribution >= 0.6 is 11.9 Å². The molecule has 0 saturated carbocycles. The van der Waals surface area contributed by atoms with Crippen LogP contribution in [0.3, 0.4) is 0 Å². The summed E-state index contributed by atoms with van der Waals surface area (Å²) in [5.41, 5.74) is 4.73. The van der Waals surface area contributed by atoms with Crippen LogP contribution in [0.4, 0.5) is 15.8 Å². The van der Waals surface area contributed by atoms with E-state index in [4.69, 9.17) is 0 Å². The summed E-state index contributed by atoms with van der Waals surface area (Å²) < 4.78 is 16.6. The first-order valence-corrected chi connectivity index (χ1v) is 12.0. The van der Waals surface area contributed by atoms with Gasteiger partial charge in [-0.1, -0.05) is 30.3 Å². The van der Waals surface area contributed by atoms with Crippen LogP contribution in [0.15, 0.2) is 72.9 Å². The zero-order chi connectivity index (χ0) is 22.8. The normalized spacial score (nSPS) is 13.5. The van der Waals surface area contributed by atoms with E-state index in [2.05, 4.69) is 29.4 Å². The molecule has 1 amide bonds. The SMILES string of the molecule is Cc1ccc(NC(=O)c2ccc(N3CCCS3)c(F)c2)cc1Cc1nccc2ccccc12. The molecule has 2 heterocycles. The highest BCUT2D eigenvalue weighted by Gasteiger charge is 2.19. The molecule has 166 valence electrons. The van der Waals surface area contributed by atoms with Gasteiger partial charge in [0, 0.05) is 41.6 Å². The van der Waals surface area contributed by atoms with Gasteiger partial charge >= 0.3 is 0 Å². The van der Waals surface area contributed by atoms with Gasteiger partial charge in [-0.3, -0.25) is 9.78 Å². The number of anilines is 2. The number of fused-ring (bicyclic) bond motifs is 1. The van der Waals surface area contributed by atoms with Crippen LogP contribution in [0.1, 0.15) is 33.6 Å². The number of pyridine rings is 1. The lowest BCUT2D eigenvalue weighted by molar-refractivity contribution is 0.102. The number of hydrogen-bond donors (Lipinski definition) is 1. The van der Waals surface area contributed by atoms with Gasteiger partial charge in [0.1, 0.15) is 5.82 Å². The monoisotopic (exact) mass is 457 g/mol. The van der Waals surface area contributed by atoms with Gasteiger partial charge in [0.25, 0.3) is 5.91 Å². The van der Waals surface area contributed by atoms with Gasteiger partial charge in [0.15, 0.2) is 0 Å². The summed E-state index contributed by atoms with van der Waals surface area (Å²) in [5.74, 6) is 0.294. The molecule has 1 aliphatic heterocycles. The van der Waals surface area contributed by atoms with E-state index >= 15 is 0 Å². The van der Waals surface area contributed by atoms with Crippen LogP contribution in [0.5, 0.6) is 0 Å². The van der Waals surface area contributed by atoms with Crippen LogP contribution in [0.2, 0.25) is 0 Å². The molecule has 1 fully saturated rings. The van der Waals surface area contributed by atoms with Gasteiger partial charge in [-0.25, -0.2) is 4.39 Å². The largest absolute Gasteiger partial charge is 0.322 e. The first-order valence-electron chi connectivity index (χ1n) is 11.0. The van der Waals surface area contributed by atoms with Crippen molar-refractivity contribution < 1.29 is 9.18 Å². The van der Waals surface area contributed by atoms with E-state index in [0.29, 0.717) is 23.4 Å². The minimum atomic E-state index is -0.372. The second kappa shape index (κ2) is 9.24. The van der Waals surface area contributed by atoms with Gasteiger partial charge in [-0.05, 0) is 78.2 Å². The van der Waals surface area contributed by atoms with E-state index in [0.717, 1.165) is 46.3 Å². The molecule has 3 aromatic carbocycles. The molecule has 1 aromatic heterocycles. The number of amides is 1. The van der Waals surface area contributed by atoms with Crippen molar-refractivity contribution in [3.63, 3.8) is 0 Å². The lowest BCUT2D eigenvalue weighted by Crippen LogP contribution is -2.15. The van der Waals surface area contributed by atoms with Gasteiger partial charge in [0.05, 0.1) is 11.4 Å². The van der Waals surface area contributed by atoms with Crippen LogP contribution < -0.4 is 9.62 Å². The van der Waals surface area contributed by atoms with Crippen molar-refractivity contribution in [2.24, 2.45) is 0 Å². The maximum atomic E-state index is 14.6. The lowest BCUT2D eigenvalue weighted by atomic mass is 9.99. The van der Waals surface area contributed by atoms with Crippen molar-refractivity contribution in [3.8, 4) is 0 Å². The molecule has 4 nitrogen and oxygen atoms in total. The zero-order valence-corrected chi connectivity index (χ0v) is 19.2. The Morgan fingerprint density at radius 2 is 2.00 bits per heavy atom. The Balaban J connectivity index is 1.36. The summed E-state index contributed by atoms with van der Waals surface area (Å²) in [4.78, 5) is 17.4. The number of carbonyl (C=O) groups is 1. The van der Waals surface area contributed by atoms with Crippen molar-refractivity contribution in [1.29, 1.82) is 0 Å². The van der Waals surface area contributed by atoms with Crippen molar-refractivity contribution in [1.82, 2.24) is 4.98 Å². The minimum Gasteiger partial charge on any atom is -0.322 e. The third kappa shape index (κ3) is 4.57. The van der Waals surface area contributed by atoms with Crippen molar-refractivity contribution in [3.05, 3.63) is 101 Å². The van der Waals surface area contributed by atoms with E-state index in [9.17, 15) is 9.18 Å². The van der Waals surface area contributed by atoms with Crippen LogP contribution in [0.25, 0.3) is 10.8 Å². The quantitative estimate of drug-likeness (QED) is 0.353. The van der Waals surface area contributed by atoms with Crippen LogP contribution in [-0.2, 0) is 6.42 Å². The molecular weight excluding hydrogens is 433 g/mol. The predicted molar refractivity (Wildman–Crippen MR) is 135 cm³/mol. The second-order valence-electron chi connectivity index (χ2n) is 8.21. The lowest BCUT2D eigenvalue weighted by Gasteiger charge is -2.17. The van der Waals surface area contributed by atoms with Gasteiger partial charge in [-0.2, -0.15) is 0 Å². The van der Waals surface area contributed by atoms with Crippen LogP contribution in [0, 0.1) is 12.7 Å². The average molecular weight is 458 g/mol. The minimum absolute atomic E-state index is 0.304. The smallest absolute Gasteiger partial charge is 0.255 e. The standard InChI is InChI=1S/C27H24FN3OS/c1-18-7-9-22(15-21(18)17-25-23-6-3-2-5-19(23)11-12-29-25)30-27(32)20-8-10-26(24(28)16-20)31-13-4-14-33-31/h2-3,5-12,15-16H,4,13-14,17H2,1H3,(H,30,32). The highest BCUT2D eigenvalue weighted by atomic mass is 32.2. The van der Waals surface area contributed by atoms with Crippen molar-refractivity contribution in [2.75, 3.05) is 21.9 Å². The van der Waals surface area contributed by atoms with Gasteiger partial charge in [0.2, 0.25) is 0 Å². The Bertz CT molecular complexity index is 1330. The number of halogens is 1. The highest BCUT2D eigenvalue weighted by molar-refractivity contribution is 8.00. The fraction of sp³-hybridized carbons (Fsp3) is 0.185. The first kappa shape index (κ1) is 21.5. The van der Waals surface area contributed by atoms with E-state index in [-0.39, 0.29) is 11.7 Å². The Kier molecular flexibility index (Phi) is 6.01. The van der Waals surface area contributed by atoms with Gasteiger partial charge < -0.3 is 9.62 Å². The van der Waals surface area contributed by atoms with Crippen molar-refractivity contribution in [2.45, 2.75) is 19.8 Å². The second-order valence-corrected chi connectivity index (χ2v) is 9.31. The first-order chi connectivity index (χ1) is 16.1. The summed E-state index contributed by atoms with van der Waals surface area (Å²) in [6.07, 6.45) is 3.53. The number of nitrogens with one attached hydrogen (secondary N) is 1. The average Bonchev–Trinajstić information content (AvgIpc) is 3.36. The molecule has 1 saturated heterocycles. The maximum absolute atomic E-state index is 14.6. The molecule has 33 heavy (non-hydrogen) atoms. The topological polar surface area (TPSA) is 45.2 Å². The molecule has 0 atom stereocenters. The number of hydrogen-bond acceptors (Lipinski definition) is 4. The molecular formula is C27H24FN3OS. The van der Waals surface area contributed by atoms with E-state index < -0.39 is 0 Å². The number of benzene rings is 3. The Hall–Kier alpha value is -3.38. The molecule has 1 N–H and O–H groups in total. The fourth-order valence-corrected chi connectivity index (χ4v) is 5.16. The molecule has 0 spiro atoms. The van der Waals surface area contributed by atoms with Crippen LogP contribution in [-0.4, -0.2) is 23.2 Å². The summed E-state index contributed by atoms with van der Waals surface area (Å²) in [5, 5.41) is 5.20. The molecule has 0 aliphatic carbocycles. The third-order valence-electron chi connectivity index (χ3n) is 5.95. The molecule has 0 unspecified atom stereocenters. The predicted octanol–water partition coefficient (Wildman–Crippen LogP) is 6.38. The Morgan fingerprint density at radius 3 is 2.82 bits per heavy atom. The fourth-order valence-electron chi connectivity index (χ4n) is 4.13. The summed E-state index contributed by atoms with van der Waals surface area (Å²) in [7, 11) is 0. The van der Waals surface area contributed by atoms with Gasteiger partial charge in [-0.15, -0.1) is 0 Å². The highest BCUT2D eigenvalue weighted by Crippen LogP contribution is 2.31. The number of aryl methyl sites for hydroxylation is 1. The molecule has 1 aliphatic rings. The van der Waals surface area contributed by atoms with E-state index in [1.807, 2.05) is 46.9 Å². The van der Waals surface area contributed by atoms with E-state index in [1.54, 1.807) is 24.1 Å². The summed E-state index contributed by atoms with van der Waals surface area (Å²) in [6, 6.07) is 20.7. The summed E-state index contributed by atoms with van der Waals surface area (Å²) >= 11 is 1.62. The molecule has 0 radical (unpaired) electrons. The number of rotatable bonds is 5. The number of carbonyl (C=O) groups excluding carboxylic acids is 1. The molecule has 0 bridgehead atoms. The van der Waals surface area contributed by atoms with E-state index in [1.165, 1.54) is 6.07 Å². The number of aromatic nitrogens is 1. The van der Waals surface area contributed by atoms with Crippen molar-refractivity contribution >= 4 is 40.0 Å². The zero-order valence-electron chi connectivity index (χ0n) is 18.3. The molecule has 6 heteroatoms. The summed E-state index contributed by atoms with van der Waals surface area (Å²) in [6.45, 7) is 2.88. The Labute approximate surface area is 197 Å². The molecule has 5 rings (SSSR count).